The fourth-order valence-corrected chi connectivity index (χ4v) is 5.68. The van der Waals surface area contributed by atoms with Crippen molar-refractivity contribution in [2.24, 2.45) is 5.92 Å². The van der Waals surface area contributed by atoms with Gasteiger partial charge in [0.15, 0.2) is 15.7 Å². The largest absolute Gasteiger partial charge is 0.369 e. The van der Waals surface area contributed by atoms with Crippen LogP contribution < -0.4 is 0 Å². The minimum atomic E-state index is -3.53. The fraction of sp³-hybridized carbons (Fsp3) is 0.733. The van der Waals surface area contributed by atoms with E-state index in [2.05, 4.69) is 5.10 Å². The van der Waals surface area contributed by atoms with Crippen molar-refractivity contribution in [2.45, 2.75) is 36.2 Å². The summed E-state index contributed by atoms with van der Waals surface area (Å²) >= 11 is 0. The van der Waals surface area contributed by atoms with Gasteiger partial charge in [-0.1, -0.05) is 0 Å². The van der Waals surface area contributed by atoms with Crippen molar-refractivity contribution in [1.82, 2.24) is 14.7 Å². The zero-order valence-electron chi connectivity index (χ0n) is 13.8. The van der Waals surface area contributed by atoms with Gasteiger partial charge in [0, 0.05) is 18.8 Å². The smallest absolute Gasteiger partial charge is 0.249 e. The van der Waals surface area contributed by atoms with Crippen molar-refractivity contribution in [1.29, 1.82) is 0 Å². The maximum Gasteiger partial charge on any atom is 0.249 e. The molecule has 7 nitrogen and oxygen atoms in total. The number of ether oxygens (including phenoxy) is 1. The van der Waals surface area contributed by atoms with Crippen molar-refractivity contribution in [2.75, 3.05) is 25.4 Å². The Morgan fingerprint density at radius 3 is 2.58 bits per heavy atom. The zero-order valence-corrected chi connectivity index (χ0v) is 14.6. The Bertz CT molecular complexity index is 827. The Balaban J connectivity index is 1.34. The monoisotopic (exact) mass is 393 g/mol. The molecule has 11 heteroatoms. The van der Waals surface area contributed by atoms with E-state index in [1.54, 1.807) is 0 Å². The van der Waals surface area contributed by atoms with Crippen molar-refractivity contribution >= 4 is 15.7 Å². The minimum absolute atomic E-state index is 0.0118. The van der Waals surface area contributed by atoms with Crippen LogP contribution in [0.5, 0.6) is 0 Å². The van der Waals surface area contributed by atoms with Crippen LogP contribution in [0.2, 0.25) is 0 Å². The number of halogens is 3. The molecule has 2 saturated heterocycles. The van der Waals surface area contributed by atoms with Gasteiger partial charge in [0.1, 0.15) is 10.9 Å². The third-order valence-corrected chi connectivity index (χ3v) is 7.48. The van der Waals surface area contributed by atoms with E-state index in [1.165, 1.54) is 9.58 Å². The first-order valence-corrected chi connectivity index (χ1v) is 9.99. The molecule has 1 aliphatic carbocycles. The summed E-state index contributed by atoms with van der Waals surface area (Å²) in [7, 11) is -3.53. The number of hydrogen-bond acceptors (Lipinski definition) is 5. The van der Waals surface area contributed by atoms with E-state index in [4.69, 9.17) is 4.74 Å². The number of amides is 1. The number of rotatable bonds is 3. The second-order valence-corrected chi connectivity index (χ2v) is 9.74. The quantitative estimate of drug-likeness (QED) is 0.746. The zero-order chi connectivity index (χ0) is 18.7. The normalized spacial score (nSPS) is 29.2. The van der Waals surface area contributed by atoms with Crippen LogP contribution in [0.3, 0.4) is 0 Å². The van der Waals surface area contributed by atoms with Crippen molar-refractivity contribution in [3.8, 4) is 0 Å². The average Bonchev–Trinajstić information content (AvgIpc) is 2.88. The summed E-state index contributed by atoms with van der Waals surface area (Å²) < 4.78 is 70.8. The predicted octanol–water partition coefficient (Wildman–Crippen LogP) is 0.462. The predicted molar refractivity (Wildman–Crippen MR) is 82.7 cm³/mol. The van der Waals surface area contributed by atoms with Gasteiger partial charge in [-0.2, -0.15) is 5.10 Å². The third-order valence-electron chi connectivity index (χ3n) is 5.25. The molecule has 1 aromatic rings. The summed E-state index contributed by atoms with van der Waals surface area (Å²) in [6.45, 7) is 0.0992. The number of likely N-dealkylation sites (tertiary alicyclic amines) is 1. The highest BCUT2D eigenvalue weighted by atomic mass is 32.2. The minimum Gasteiger partial charge on any atom is -0.369 e. The number of aromatic nitrogens is 2. The molecule has 0 radical (unpaired) electrons. The van der Waals surface area contributed by atoms with Gasteiger partial charge in [0.25, 0.3) is 0 Å². The molecule has 4 rings (SSSR count). The average molecular weight is 393 g/mol. The summed E-state index contributed by atoms with van der Waals surface area (Å²) in [5.74, 6) is -4.63. The van der Waals surface area contributed by atoms with Crippen molar-refractivity contribution in [3.05, 3.63) is 18.2 Å². The van der Waals surface area contributed by atoms with Crippen LogP contribution in [0.15, 0.2) is 12.4 Å². The van der Waals surface area contributed by atoms with Gasteiger partial charge in [0.05, 0.1) is 44.4 Å². The topological polar surface area (TPSA) is 81.5 Å². The lowest BCUT2D eigenvalue weighted by atomic mass is 9.79. The number of sulfone groups is 1. The van der Waals surface area contributed by atoms with Gasteiger partial charge < -0.3 is 9.64 Å². The number of nitrogens with zero attached hydrogens (tertiary/aromatic N) is 3. The third kappa shape index (κ3) is 3.11. The first-order valence-electron chi connectivity index (χ1n) is 8.28. The molecule has 0 bridgehead atoms. The maximum atomic E-state index is 13.0. The van der Waals surface area contributed by atoms with Crippen LogP contribution in [0.1, 0.15) is 12.8 Å². The molecule has 1 saturated carbocycles. The number of hydrogen-bond donors (Lipinski definition) is 0. The van der Waals surface area contributed by atoms with E-state index >= 15 is 0 Å². The second kappa shape index (κ2) is 5.69. The lowest BCUT2D eigenvalue weighted by Crippen LogP contribution is -2.71. The van der Waals surface area contributed by atoms with Gasteiger partial charge in [-0.25, -0.2) is 21.6 Å². The molecule has 3 fully saturated rings. The summed E-state index contributed by atoms with van der Waals surface area (Å²) in [5, 5.41) is 2.89. The van der Waals surface area contributed by atoms with E-state index in [1.807, 2.05) is 0 Å². The van der Waals surface area contributed by atoms with Crippen LogP contribution in [-0.4, -0.2) is 71.2 Å². The molecule has 26 heavy (non-hydrogen) atoms. The van der Waals surface area contributed by atoms with E-state index < -0.39 is 51.2 Å². The Morgan fingerprint density at radius 2 is 2.04 bits per heavy atom. The lowest BCUT2D eigenvalue weighted by Gasteiger charge is -2.53. The van der Waals surface area contributed by atoms with E-state index in [9.17, 15) is 26.4 Å². The van der Waals surface area contributed by atoms with E-state index in [-0.39, 0.29) is 37.9 Å². The molecule has 0 N–H and O–H groups in total. The first kappa shape index (κ1) is 17.8. The Labute approximate surface area is 148 Å². The van der Waals surface area contributed by atoms with Crippen LogP contribution in [0.4, 0.5) is 13.2 Å². The Kier molecular flexibility index (Phi) is 3.89. The van der Waals surface area contributed by atoms with Crippen LogP contribution in [-0.2, 0) is 25.9 Å². The fourth-order valence-electron chi connectivity index (χ4n) is 3.79. The highest BCUT2D eigenvalue weighted by Crippen LogP contribution is 2.44. The number of alkyl halides is 2. The van der Waals surface area contributed by atoms with Crippen LogP contribution in [0.25, 0.3) is 0 Å². The molecule has 1 atom stereocenters. The molecule has 1 spiro atoms. The van der Waals surface area contributed by atoms with Gasteiger partial charge in [-0.3, -0.25) is 9.48 Å². The van der Waals surface area contributed by atoms with Crippen LogP contribution >= 0.6 is 0 Å². The summed E-state index contributed by atoms with van der Waals surface area (Å²) in [6, 6.07) is 0. The molecule has 2 aliphatic heterocycles. The molecular formula is C15H18F3N3O4S. The second-order valence-electron chi connectivity index (χ2n) is 7.46. The standard InChI is InChI=1S/C15H18F3N3O4S/c16-11-3-19-21(4-11)5-12-6-25-14(9-26(12,23)24)7-20(8-14)13(22)10-1-15(17,18)2-10/h3-4,10,12H,1-2,5-9H2/t12-/m0/s1. The molecule has 3 heterocycles. The van der Waals surface area contributed by atoms with Crippen molar-refractivity contribution in [3.63, 3.8) is 0 Å². The summed E-state index contributed by atoms with van der Waals surface area (Å²) in [5.41, 5.74) is -0.966. The first-order chi connectivity index (χ1) is 12.1. The molecule has 3 aliphatic rings. The highest BCUT2D eigenvalue weighted by molar-refractivity contribution is 7.92. The summed E-state index contributed by atoms with van der Waals surface area (Å²) in [6.07, 6.45) is 1.21. The highest BCUT2D eigenvalue weighted by Gasteiger charge is 2.57. The van der Waals surface area contributed by atoms with E-state index in [0.717, 1.165) is 12.4 Å². The molecule has 144 valence electrons. The van der Waals surface area contributed by atoms with Gasteiger partial charge in [-0.05, 0) is 0 Å². The van der Waals surface area contributed by atoms with Gasteiger partial charge in [-0.15, -0.1) is 0 Å². The SMILES string of the molecule is O=C(C1CC(F)(F)C1)N1CC2(C1)CS(=O)(=O)[C@@H](Cn1cc(F)cn1)CO2. The Morgan fingerprint density at radius 1 is 1.35 bits per heavy atom. The maximum absolute atomic E-state index is 13.0. The van der Waals surface area contributed by atoms with Crippen molar-refractivity contribution < 1.29 is 31.1 Å². The molecule has 0 aromatic carbocycles. The lowest BCUT2D eigenvalue weighted by molar-refractivity contribution is -0.184. The molecule has 1 amide bonds. The van der Waals surface area contributed by atoms with Gasteiger partial charge in [0.2, 0.25) is 11.8 Å². The van der Waals surface area contributed by atoms with Gasteiger partial charge >= 0.3 is 0 Å². The van der Waals surface area contributed by atoms with Crippen LogP contribution in [0, 0.1) is 11.7 Å². The van der Waals surface area contributed by atoms with E-state index in [0.29, 0.717) is 0 Å². The molecule has 0 unspecified atom stereocenters. The molecule has 1 aromatic heterocycles. The number of carbonyl (C=O) groups excluding carboxylic acids is 1. The number of carbonyl (C=O) groups is 1. The Hall–Kier alpha value is -1.62. The molecular weight excluding hydrogens is 375 g/mol. The summed E-state index contributed by atoms with van der Waals surface area (Å²) in [4.78, 5) is 13.5.